The summed E-state index contributed by atoms with van der Waals surface area (Å²) in [6.45, 7) is 4.57. The van der Waals surface area contributed by atoms with E-state index in [1.807, 2.05) is 6.07 Å². The van der Waals surface area contributed by atoms with Gasteiger partial charge in [-0.05, 0) is 110 Å². The van der Waals surface area contributed by atoms with Crippen LogP contribution in [0.1, 0.15) is 76.8 Å². The molecule has 0 radical (unpaired) electrons. The van der Waals surface area contributed by atoms with E-state index >= 15 is 0 Å². The Morgan fingerprint density at radius 3 is 2.03 bits per heavy atom. The molecule has 3 aliphatic carbocycles. The third-order valence-corrected chi connectivity index (χ3v) is 13.4. The number of ether oxygens (including phenoxy) is 2. The van der Waals surface area contributed by atoms with Crippen LogP contribution in [0, 0.1) is 11.3 Å². The maximum absolute atomic E-state index is 9.91. The fraction of sp³-hybridized carbons (Fsp3) is 0.145. The molecule has 1 heterocycles. The van der Waals surface area contributed by atoms with E-state index in [2.05, 4.69) is 184 Å². The molecule has 278 valence electrons. The van der Waals surface area contributed by atoms with Gasteiger partial charge in [-0.15, -0.1) is 0 Å². The summed E-state index contributed by atoms with van der Waals surface area (Å²) in [4.78, 5) is 0. The van der Waals surface area contributed by atoms with Crippen LogP contribution in [-0.4, -0.2) is 7.11 Å². The normalized spacial score (nSPS) is 18.9. The Balaban J connectivity index is 1.18. The minimum Gasteiger partial charge on any atom is -0.497 e. The number of nitrogens with zero attached hydrogens (tertiary/aromatic N) is 1. The Hall–Kier alpha value is -6.89. The Bertz CT molecular complexity index is 2940. The highest BCUT2D eigenvalue weighted by Gasteiger charge is 2.51. The molecule has 3 heteroatoms. The first-order chi connectivity index (χ1) is 28.4. The van der Waals surface area contributed by atoms with Crippen molar-refractivity contribution < 1.29 is 9.47 Å². The zero-order chi connectivity index (χ0) is 39.2. The summed E-state index contributed by atoms with van der Waals surface area (Å²) in [5, 5.41) is 12.2. The molecule has 0 amide bonds. The molecule has 1 unspecified atom stereocenters. The molecule has 3 nitrogen and oxygen atoms in total. The molecule has 1 atom stereocenters. The van der Waals surface area contributed by atoms with Gasteiger partial charge in [-0.2, -0.15) is 5.26 Å². The number of benzene rings is 7. The first-order valence-electron chi connectivity index (χ1n) is 20.2. The quantitative estimate of drug-likeness (QED) is 0.176. The van der Waals surface area contributed by atoms with Gasteiger partial charge in [0.1, 0.15) is 11.5 Å². The molecule has 1 aliphatic heterocycles. The minimum absolute atomic E-state index is 0.357. The lowest BCUT2D eigenvalue weighted by atomic mass is 9.65. The Morgan fingerprint density at radius 2 is 1.33 bits per heavy atom. The van der Waals surface area contributed by atoms with Crippen LogP contribution in [0.25, 0.3) is 33.5 Å². The van der Waals surface area contributed by atoms with E-state index in [-0.39, 0.29) is 5.41 Å². The van der Waals surface area contributed by atoms with Gasteiger partial charge in [-0.1, -0.05) is 153 Å². The second-order valence-corrected chi connectivity index (χ2v) is 16.5. The highest BCUT2D eigenvalue weighted by Crippen LogP contribution is 2.61. The zero-order valence-electron chi connectivity index (χ0n) is 32.8. The summed E-state index contributed by atoms with van der Waals surface area (Å²) in [6.07, 6.45) is 8.86. The van der Waals surface area contributed by atoms with Crippen LogP contribution in [0.3, 0.4) is 0 Å². The van der Waals surface area contributed by atoms with Crippen molar-refractivity contribution in [3.63, 3.8) is 0 Å². The van der Waals surface area contributed by atoms with Gasteiger partial charge in [-0.25, -0.2) is 0 Å². The molecule has 0 saturated heterocycles. The minimum atomic E-state index is -0.910. The van der Waals surface area contributed by atoms with Crippen LogP contribution in [-0.2, 0) is 16.4 Å². The molecule has 0 aromatic heterocycles. The third-order valence-electron chi connectivity index (χ3n) is 13.4. The van der Waals surface area contributed by atoms with Gasteiger partial charge < -0.3 is 9.47 Å². The summed E-state index contributed by atoms with van der Waals surface area (Å²) in [5.41, 5.74) is 15.0. The van der Waals surface area contributed by atoms with Gasteiger partial charge in [0.15, 0.2) is 5.60 Å². The lowest BCUT2D eigenvalue weighted by Gasteiger charge is -2.42. The van der Waals surface area contributed by atoms with E-state index in [4.69, 9.17) is 9.47 Å². The van der Waals surface area contributed by atoms with Crippen molar-refractivity contribution in [3.8, 4) is 28.7 Å². The number of rotatable bonds is 5. The van der Waals surface area contributed by atoms with Crippen molar-refractivity contribution in [1.29, 1.82) is 5.26 Å². The predicted molar refractivity (Wildman–Crippen MR) is 234 cm³/mol. The fourth-order valence-corrected chi connectivity index (χ4v) is 10.9. The number of hydrogen-bond donors (Lipinski definition) is 0. The molecular weight excluding hydrogens is 707 g/mol. The van der Waals surface area contributed by atoms with Gasteiger partial charge >= 0.3 is 0 Å². The molecule has 7 aromatic carbocycles. The van der Waals surface area contributed by atoms with Crippen LogP contribution >= 0.6 is 0 Å². The third kappa shape index (κ3) is 4.55. The second-order valence-electron chi connectivity index (χ2n) is 16.5. The summed E-state index contributed by atoms with van der Waals surface area (Å²) in [7, 11) is 1.71. The molecule has 0 bridgehead atoms. The maximum atomic E-state index is 9.91. The van der Waals surface area contributed by atoms with Crippen molar-refractivity contribution in [2.45, 2.75) is 43.1 Å². The summed E-state index contributed by atoms with van der Waals surface area (Å²) in [6, 6.07) is 56.8. The van der Waals surface area contributed by atoms with Gasteiger partial charge in [0.25, 0.3) is 0 Å². The number of nitriles is 1. The van der Waals surface area contributed by atoms with E-state index in [0.29, 0.717) is 5.56 Å². The van der Waals surface area contributed by atoms with Crippen molar-refractivity contribution in [2.75, 3.05) is 7.11 Å². The van der Waals surface area contributed by atoms with Gasteiger partial charge in [0.05, 0.1) is 24.2 Å². The average molecular weight is 748 g/mol. The van der Waals surface area contributed by atoms with Crippen molar-refractivity contribution in [2.24, 2.45) is 0 Å². The SMILES string of the molecule is COc1ccc(C2(C3=CC4=C(CC3)c3ccccc3C4(c3ccccc3)c3ccccc3)C=Cc3c4c(c5ccccc5c3O2)-c2ccc(C#N)cc2C4(C)C)cc1. The first kappa shape index (κ1) is 34.4. The predicted octanol–water partition coefficient (Wildman–Crippen LogP) is 12.8. The maximum Gasteiger partial charge on any atom is 0.174 e. The van der Waals surface area contributed by atoms with E-state index in [0.717, 1.165) is 46.2 Å². The van der Waals surface area contributed by atoms with Gasteiger partial charge in [0.2, 0.25) is 0 Å². The highest BCUT2D eigenvalue weighted by atomic mass is 16.5. The smallest absolute Gasteiger partial charge is 0.174 e. The van der Waals surface area contributed by atoms with Crippen LogP contribution < -0.4 is 9.47 Å². The number of hydrogen-bond acceptors (Lipinski definition) is 3. The van der Waals surface area contributed by atoms with E-state index in [9.17, 15) is 5.26 Å². The molecule has 0 N–H and O–H groups in total. The molecular formula is C55H41NO2. The van der Waals surface area contributed by atoms with Crippen molar-refractivity contribution in [1.82, 2.24) is 0 Å². The number of methoxy groups -OCH3 is 1. The molecule has 0 spiro atoms. The zero-order valence-corrected chi connectivity index (χ0v) is 32.8. The molecule has 58 heavy (non-hydrogen) atoms. The van der Waals surface area contributed by atoms with E-state index < -0.39 is 11.0 Å². The van der Waals surface area contributed by atoms with Crippen molar-refractivity contribution >= 4 is 22.4 Å². The standard InChI is InChI=1S/C55H41NO2/c1-53(2)48-32-35(34-56)22-28-45(48)50-43-19-10-11-20-44(43)52-46(51(50)53)30-31-54(58-52,36-23-26-40(57-3)27-24-36)39-25-29-42-41-18-12-13-21-47(41)55(49(42)33-39,37-14-6-4-7-15-37)38-16-8-5-9-17-38/h4-24,26-28,30-33H,25,29H2,1-3H3. The van der Waals surface area contributed by atoms with Crippen molar-refractivity contribution in [3.05, 3.63) is 225 Å². The largest absolute Gasteiger partial charge is 0.497 e. The lowest BCUT2D eigenvalue weighted by Crippen LogP contribution is -2.37. The van der Waals surface area contributed by atoms with Crippen LogP contribution in [0.15, 0.2) is 175 Å². The van der Waals surface area contributed by atoms with Gasteiger partial charge in [-0.3, -0.25) is 0 Å². The number of fused-ring (bicyclic) bond motifs is 10. The summed E-state index contributed by atoms with van der Waals surface area (Å²) >= 11 is 0. The Morgan fingerprint density at radius 1 is 0.655 bits per heavy atom. The van der Waals surface area contributed by atoms with Crippen LogP contribution in [0.2, 0.25) is 0 Å². The summed E-state index contributed by atoms with van der Waals surface area (Å²) < 4.78 is 13.5. The highest BCUT2D eigenvalue weighted by molar-refractivity contribution is 6.08. The molecule has 0 fully saturated rings. The molecule has 4 aliphatic rings. The number of allylic oxidation sites excluding steroid dienone is 3. The van der Waals surface area contributed by atoms with Crippen LogP contribution in [0.4, 0.5) is 0 Å². The molecule has 7 aromatic rings. The fourth-order valence-electron chi connectivity index (χ4n) is 10.9. The molecule has 0 saturated carbocycles. The van der Waals surface area contributed by atoms with E-state index in [1.54, 1.807) is 7.11 Å². The Labute approximate surface area is 339 Å². The van der Waals surface area contributed by atoms with E-state index in [1.165, 1.54) is 61.2 Å². The topological polar surface area (TPSA) is 42.2 Å². The second kappa shape index (κ2) is 12.6. The lowest BCUT2D eigenvalue weighted by molar-refractivity contribution is 0.154. The first-order valence-corrected chi connectivity index (χ1v) is 20.2. The molecule has 11 rings (SSSR count). The van der Waals surface area contributed by atoms with Crippen LogP contribution in [0.5, 0.6) is 11.5 Å². The summed E-state index contributed by atoms with van der Waals surface area (Å²) in [5.74, 6) is 1.70. The average Bonchev–Trinajstić information content (AvgIpc) is 3.72. The Kier molecular flexibility index (Phi) is 7.44. The van der Waals surface area contributed by atoms with Gasteiger partial charge in [0, 0.05) is 21.9 Å². The monoisotopic (exact) mass is 747 g/mol.